The Labute approximate surface area is 106 Å². The first-order valence-corrected chi connectivity index (χ1v) is 6.36. The number of aldehydes is 1. The van der Waals surface area contributed by atoms with Crippen molar-refractivity contribution in [1.29, 1.82) is 0 Å². The molecule has 0 bridgehead atoms. The lowest BCUT2D eigenvalue weighted by atomic mass is 9.80. The standard InChI is InChI=1S/C15H17FO2/c16-12-6-7-15(18)14(10-12)13(8-9-17)11-4-2-1-3-5-11/h6-11,18H,1-5H2. The highest BCUT2D eigenvalue weighted by Gasteiger charge is 2.21. The molecule has 0 spiro atoms. The van der Waals surface area contributed by atoms with Gasteiger partial charge < -0.3 is 5.11 Å². The number of carbonyl (C=O) groups is 1. The lowest BCUT2D eigenvalue weighted by Gasteiger charge is -2.25. The Bertz CT molecular complexity index is 460. The molecule has 0 heterocycles. The minimum atomic E-state index is -0.393. The van der Waals surface area contributed by atoms with Crippen molar-refractivity contribution >= 4 is 11.9 Å². The molecule has 2 nitrogen and oxygen atoms in total. The van der Waals surface area contributed by atoms with E-state index in [9.17, 15) is 14.3 Å². The molecule has 1 aromatic rings. The van der Waals surface area contributed by atoms with Crippen LogP contribution in [0, 0.1) is 11.7 Å². The molecule has 0 amide bonds. The first-order valence-electron chi connectivity index (χ1n) is 6.36. The molecule has 18 heavy (non-hydrogen) atoms. The quantitative estimate of drug-likeness (QED) is 0.654. The Hall–Kier alpha value is -1.64. The van der Waals surface area contributed by atoms with Crippen molar-refractivity contribution in [2.45, 2.75) is 32.1 Å². The highest BCUT2D eigenvalue weighted by Crippen LogP contribution is 2.38. The van der Waals surface area contributed by atoms with Gasteiger partial charge in [-0.05, 0) is 48.6 Å². The molecule has 1 saturated carbocycles. The van der Waals surface area contributed by atoms with Crippen LogP contribution >= 0.6 is 0 Å². The molecule has 1 N–H and O–H groups in total. The Kier molecular flexibility index (Phi) is 4.13. The average molecular weight is 248 g/mol. The molecule has 1 aliphatic rings. The van der Waals surface area contributed by atoms with Crippen LogP contribution in [0.4, 0.5) is 4.39 Å². The van der Waals surface area contributed by atoms with Crippen molar-refractivity contribution in [1.82, 2.24) is 0 Å². The molecule has 3 heteroatoms. The number of carbonyl (C=O) groups excluding carboxylic acids is 1. The molecule has 0 radical (unpaired) electrons. The fourth-order valence-corrected chi connectivity index (χ4v) is 2.67. The summed E-state index contributed by atoms with van der Waals surface area (Å²) in [5, 5.41) is 9.84. The predicted molar refractivity (Wildman–Crippen MR) is 68.7 cm³/mol. The Morgan fingerprint density at radius 3 is 2.67 bits per heavy atom. The maximum absolute atomic E-state index is 13.3. The van der Waals surface area contributed by atoms with E-state index >= 15 is 0 Å². The molecular formula is C15H17FO2. The molecule has 96 valence electrons. The second-order valence-corrected chi connectivity index (χ2v) is 4.75. The first-order chi connectivity index (χ1) is 8.72. The van der Waals surface area contributed by atoms with Gasteiger partial charge in [-0.15, -0.1) is 0 Å². The fourth-order valence-electron chi connectivity index (χ4n) is 2.67. The van der Waals surface area contributed by atoms with E-state index in [1.807, 2.05) is 0 Å². The number of allylic oxidation sites excluding steroid dienone is 2. The van der Waals surface area contributed by atoms with Gasteiger partial charge in [-0.3, -0.25) is 4.79 Å². The average Bonchev–Trinajstić information content (AvgIpc) is 2.40. The van der Waals surface area contributed by atoms with Crippen LogP contribution in [0.25, 0.3) is 5.57 Å². The van der Waals surface area contributed by atoms with Crippen LogP contribution in [0.5, 0.6) is 5.75 Å². The van der Waals surface area contributed by atoms with Crippen LogP contribution in [-0.2, 0) is 4.79 Å². The SMILES string of the molecule is O=CC=C(c1cc(F)ccc1O)C1CCCCC1. The van der Waals surface area contributed by atoms with Crippen molar-refractivity contribution in [2.75, 3.05) is 0 Å². The number of hydrogen-bond acceptors (Lipinski definition) is 2. The monoisotopic (exact) mass is 248 g/mol. The van der Waals surface area contributed by atoms with Crippen molar-refractivity contribution < 1.29 is 14.3 Å². The van der Waals surface area contributed by atoms with Gasteiger partial charge in [0.2, 0.25) is 0 Å². The maximum atomic E-state index is 13.3. The minimum Gasteiger partial charge on any atom is -0.507 e. The van der Waals surface area contributed by atoms with Crippen molar-refractivity contribution in [3.63, 3.8) is 0 Å². The van der Waals surface area contributed by atoms with Crippen molar-refractivity contribution in [2.24, 2.45) is 5.92 Å². The molecule has 0 aromatic heterocycles. The van der Waals surface area contributed by atoms with Crippen LogP contribution in [0.15, 0.2) is 24.3 Å². The zero-order valence-corrected chi connectivity index (χ0v) is 10.2. The number of benzene rings is 1. The summed E-state index contributed by atoms with van der Waals surface area (Å²) in [4.78, 5) is 10.8. The van der Waals surface area contributed by atoms with Gasteiger partial charge in [-0.25, -0.2) is 4.39 Å². The normalized spacial score (nSPS) is 17.7. The van der Waals surface area contributed by atoms with E-state index in [0.717, 1.165) is 31.3 Å². The van der Waals surface area contributed by atoms with E-state index in [0.29, 0.717) is 11.8 Å². The number of rotatable bonds is 3. The minimum absolute atomic E-state index is 0.0371. The summed E-state index contributed by atoms with van der Waals surface area (Å²) in [6.07, 6.45) is 7.62. The zero-order chi connectivity index (χ0) is 13.0. The molecule has 0 saturated heterocycles. The van der Waals surface area contributed by atoms with Gasteiger partial charge in [0.05, 0.1) is 0 Å². The Balaban J connectivity index is 2.37. The highest BCUT2D eigenvalue weighted by molar-refractivity contribution is 5.84. The van der Waals surface area contributed by atoms with Gasteiger partial charge in [0.25, 0.3) is 0 Å². The van der Waals surface area contributed by atoms with Crippen LogP contribution < -0.4 is 0 Å². The second kappa shape index (κ2) is 5.80. The van der Waals surface area contributed by atoms with E-state index in [1.54, 1.807) is 0 Å². The van der Waals surface area contributed by atoms with Crippen LogP contribution in [0.2, 0.25) is 0 Å². The summed E-state index contributed by atoms with van der Waals surface area (Å²) in [7, 11) is 0. The second-order valence-electron chi connectivity index (χ2n) is 4.75. The van der Waals surface area contributed by atoms with Gasteiger partial charge in [0, 0.05) is 5.56 Å². The largest absolute Gasteiger partial charge is 0.507 e. The first kappa shape index (κ1) is 12.8. The summed E-state index contributed by atoms with van der Waals surface area (Å²) in [6.45, 7) is 0. The third kappa shape index (κ3) is 2.78. The molecule has 1 aliphatic carbocycles. The molecule has 0 atom stereocenters. The number of aromatic hydroxyl groups is 1. The third-order valence-electron chi connectivity index (χ3n) is 3.56. The molecule has 1 aromatic carbocycles. The van der Waals surface area contributed by atoms with E-state index in [4.69, 9.17) is 0 Å². The maximum Gasteiger partial charge on any atom is 0.143 e. The van der Waals surface area contributed by atoms with Gasteiger partial charge in [-0.1, -0.05) is 19.3 Å². The summed E-state index contributed by atoms with van der Waals surface area (Å²) < 4.78 is 13.3. The number of phenolic OH excluding ortho intramolecular Hbond substituents is 1. The smallest absolute Gasteiger partial charge is 0.143 e. The van der Waals surface area contributed by atoms with Crippen LogP contribution in [0.3, 0.4) is 0 Å². The summed E-state index contributed by atoms with van der Waals surface area (Å²) in [6, 6.07) is 3.86. The molecular weight excluding hydrogens is 231 g/mol. The molecule has 0 aliphatic heterocycles. The van der Waals surface area contributed by atoms with Gasteiger partial charge in [0.15, 0.2) is 0 Å². The van der Waals surface area contributed by atoms with E-state index in [-0.39, 0.29) is 11.7 Å². The van der Waals surface area contributed by atoms with Gasteiger partial charge in [-0.2, -0.15) is 0 Å². The third-order valence-corrected chi connectivity index (χ3v) is 3.56. The Morgan fingerprint density at radius 1 is 1.28 bits per heavy atom. The van der Waals surface area contributed by atoms with E-state index < -0.39 is 5.82 Å². The molecule has 2 rings (SSSR count). The van der Waals surface area contributed by atoms with E-state index in [1.165, 1.54) is 30.7 Å². The number of halogens is 1. The van der Waals surface area contributed by atoms with E-state index in [2.05, 4.69) is 0 Å². The van der Waals surface area contributed by atoms with Gasteiger partial charge >= 0.3 is 0 Å². The lowest BCUT2D eigenvalue weighted by Crippen LogP contribution is -2.09. The van der Waals surface area contributed by atoms with Crippen molar-refractivity contribution in [3.8, 4) is 5.75 Å². The lowest BCUT2D eigenvalue weighted by molar-refractivity contribution is -0.104. The summed E-state index contributed by atoms with van der Waals surface area (Å²) >= 11 is 0. The summed E-state index contributed by atoms with van der Waals surface area (Å²) in [5.74, 6) is -0.109. The number of hydrogen-bond donors (Lipinski definition) is 1. The number of phenols is 1. The zero-order valence-electron chi connectivity index (χ0n) is 10.2. The van der Waals surface area contributed by atoms with Crippen molar-refractivity contribution in [3.05, 3.63) is 35.7 Å². The summed E-state index contributed by atoms with van der Waals surface area (Å²) in [5.41, 5.74) is 1.22. The highest BCUT2D eigenvalue weighted by atomic mass is 19.1. The van der Waals surface area contributed by atoms with Crippen LogP contribution in [0.1, 0.15) is 37.7 Å². The topological polar surface area (TPSA) is 37.3 Å². The van der Waals surface area contributed by atoms with Gasteiger partial charge in [0.1, 0.15) is 17.9 Å². The predicted octanol–water partition coefficient (Wildman–Crippen LogP) is 3.69. The van der Waals surface area contributed by atoms with Crippen LogP contribution in [-0.4, -0.2) is 11.4 Å². The fraction of sp³-hybridized carbons (Fsp3) is 0.400. The molecule has 0 unspecified atom stereocenters. The molecule has 1 fully saturated rings. The Morgan fingerprint density at radius 2 is 2.00 bits per heavy atom.